The van der Waals surface area contributed by atoms with Gasteiger partial charge in [-0.25, -0.2) is 0 Å². The highest BCUT2D eigenvalue weighted by Gasteiger charge is 2.29. The van der Waals surface area contributed by atoms with Crippen molar-refractivity contribution in [3.05, 3.63) is 0 Å². The zero-order valence-corrected chi connectivity index (χ0v) is 8.51. The van der Waals surface area contributed by atoms with Crippen LogP contribution in [0, 0.1) is 0 Å². The third-order valence-electron chi connectivity index (χ3n) is 2.82. The molecule has 0 saturated carbocycles. The Balaban J connectivity index is 2.65. The summed E-state index contributed by atoms with van der Waals surface area (Å²) in [4.78, 5) is 12.6. The molecule has 0 bridgehead atoms. The van der Waals surface area contributed by atoms with E-state index in [9.17, 15) is 13.6 Å². The molecule has 0 N–H and O–H groups in total. The van der Waals surface area contributed by atoms with E-state index in [1.807, 2.05) is 6.92 Å². The van der Waals surface area contributed by atoms with Crippen molar-refractivity contribution in [2.45, 2.75) is 51.5 Å². The Labute approximate surface area is 83.3 Å². The van der Waals surface area contributed by atoms with Gasteiger partial charge in [-0.3, -0.25) is 4.79 Å². The van der Waals surface area contributed by atoms with Gasteiger partial charge in [0, 0.05) is 12.6 Å². The lowest BCUT2D eigenvalue weighted by Crippen LogP contribution is -2.42. The second kappa shape index (κ2) is 5.27. The highest BCUT2D eigenvalue weighted by molar-refractivity contribution is 5.79. The van der Waals surface area contributed by atoms with Crippen LogP contribution in [-0.4, -0.2) is 29.8 Å². The SMILES string of the molecule is CCC1CCCCCN1C(=O)C(F)F. The number of halogens is 2. The van der Waals surface area contributed by atoms with Crippen molar-refractivity contribution in [3.63, 3.8) is 0 Å². The normalized spacial score (nSPS) is 23.7. The van der Waals surface area contributed by atoms with Gasteiger partial charge in [0.05, 0.1) is 0 Å². The molecule has 0 aromatic carbocycles. The summed E-state index contributed by atoms with van der Waals surface area (Å²) in [5.41, 5.74) is 0. The number of carbonyl (C=O) groups excluding carboxylic acids is 1. The van der Waals surface area contributed by atoms with E-state index in [0.29, 0.717) is 6.54 Å². The van der Waals surface area contributed by atoms with Gasteiger partial charge in [0.1, 0.15) is 0 Å². The molecule has 1 saturated heterocycles. The quantitative estimate of drug-likeness (QED) is 0.678. The van der Waals surface area contributed by atoms with Crippen molar-refractivity contribution < 1.29 is 13.6 Å². The molecule has 2 nitrogen and oxygen atoms in total. The summed E-state index contributed by atoms with van der Waals surface area (Å²) in [7, 11) is 0. The lowest BCUT2D eigenvalue weighted by atomic mass is 10.1. The molecular weight excluding hydrogens is 188 g/mol. The van der Waals surface area contributed by atoms with E-state index in [2.05, 4.69) is 0 Å². The lowest BCUT2D eigenvalue weighted by molar-refractivity contribution is -0.145. The maximum absolute atomic E-state index is 12.3. The molecular formula is C10H17F2NO. The first-order valence-corrected chi connectivity index (χ1v) is 5.25. The molecule has 1 unspecified atom stereocenters. The van der Waals surface area contributed by atoms with Crippen LogP contribution in [0.25, 0.3) is 0 Å². The molecule has 1 amide bonds. The van der Waals surface area contributed by atoms with Crippen LogP contribution in [0.2, 0.25) is 0 Å². The fourth-order valence-corrected chi connectivity index (χ4v) is 2.02. The standard InChI is InChI=1S/C10H17F2NO/c1-2-8-6-4-3-5-7-13(8)10(14)9(11)12/h8-9H,2-7H2,1H3. The molecule has 14 heavy (non-hydrogen) atoms. The van der Waals surface area contributed by atoms with Gasteiger partial charge < -0.3 is 4.90 Å². The summed E-state index contributed by atoms with van der Waals surface area (Å²) in [6, 6.07) is 0.0269. The molecule has 1 heterocycles. The highest BCUT2D eigenvalue weighted by Crippen LogP contribution is 2.20. The summed E-state index contributed by atoms with van der Waals surface area (Å²) in [5, 5.41) is 0. The fourth-order valence-electron chi connectivity index (χ4n) is 2.02. The van der Waals surface area contributed by atoms with Crippen molar-refractivity contribution in [1.82, 2.24) is 4.90 Å². The number of amides is 1. The average molecular weight is 205 g/mol. The zero-order chi connectivity index (χ0) is 10.6. The predicted molar refractivity (Wildman–Crippen MR) is 50.3 cm³/mol. The number of hydrogen-bond acceptors (Lipinski definition) is 1. The van der Waals surface area contributed by atoms with Crippen LogP contribution in [0.1, 0.15) is 39.0 Å². The van der Waals surface area contributed by atoms with Crippen LogP contribution in [0.15, 0.2) is 0 Å². The summed E-state index contributed by atoms with van der Waals surface area (Å²) >= 11 is 0. The van der Waals surface area contributed by atoms with E-state index in [-0.39, 0.29) is 6.04 Å². The maximum atomic E-state index is 12.3. The molecule has 1 fully saturated rings. The van der Waals surface area contributed by atoms with E-state index in [1.165, 1.54) is 4.90 Å². The predicted octanol–water partition coefficient (Wildman–Crippen LogP) is 2.43. The molecule has 1 aliphatic rings. The van der Waals surface area contributed by atoms with E-state index in [0.717, 1.165) is 32.1 Å². The van der Waals surface area contributed by atoms with Crippen molar-refractivity contribution in [2.75, 3.05) is 6.54 Å². The minimum absolute atomic E-state index is 0.0269. The third-order valence-corrected chi connectivity index (χ3v) is 2.82. The largest absolute Gasteiger partial charge is 0.335 e. The number of hydrogen-bond donors (Lipinski definition) is 0. The molecule has 82 valence electrons. The smallest absolute Gasteiger partial charge is 0.315 e. The first-order chi connectivity index (χ1) is 6.66. The van der Waals surface area contributed by atoms with Crippen LogP contribution in [0.5, 0.6) is 0 Å². The monoisotopic (exact) mass is 205 g/mol. The molecule has 0 spiro atoms. The molecule has 0 aromatic rings. The van der Waals surface area contributed by atoms with Gasteiger partial charge >= 0.3 is 6.43 Å². The number of rotatable bonds is 2. The van der Waals surface area contributed by atoms with Crippen molar-refractivity contribution >= 4 is 5.91 Å². The van der Waals surface area contributed by atoms with Crippen molar-refractivity contribution in [3.8, 4) is 0 Å². The molecule has 1 rings (SSSR count). The highest BCUT2D eigenvalue weighted by atomic mass is 19.3. The Morgan fingerprint density at radius 1 is 1.43 bits per heavy atom. The van der Waals surface area contributed by atoms with E-state index in [4.69, 9.17) is 0 Å². The van der Waals surface area contributed by atoms with Gasteiger partial charge in [-0.15, -0.1) is 0 Å². The Morgan fingerprint density at radius 3 is 2.71 bits per heavy atom. The first kappa shape index (κ1) is 11.4. The van der Waals surface area contributed by atoms with E-state index >= 15 is 0 Å². The van der Waals surface area contributed by atoms with Gasteiger partial charge in [0.2, 0.25) is 0 Å². The average Bonchev–Trinajstić information content (AvgIpc) is 2.40. The zero-order valence-electron chi connectivity index (χ0n) is 8.51. The summed E-state index contributed by atoms with van der Waals surface area (Å²) < 4.78 is 24.5. The number of likely N-dealkylation sites (tertiary alicyclic amines) is 1. The first-order valence-electron chi connectivity index (χ1n) is 5.25. The van der Waals surface area contributed by atoms with Gasteiger partial charge in [0.15, 0.2) is 0 Å². The van der Waals surface area contributed by atoms with E-state index in [1.54, 1.807) is 0 Å². The second-order valence-corrected chi connectivity index (χ2v) is 3.74. The topological polar surface area (TPSA) is 20.3 Å². The molecule has 0 aliphatic carbocycles. The minimum atomic E-state index is -2.85. The maximum Gasteiger partial charge on any atom is 0.315 e. The molecule has 1 aliphatic heterocycles. The second-order valence-electron chi connectivity index (χ2n) is 3.74. The third kappa shape index (κ3) is 2.66. The minimum Gasteiger partial charge on any atom is -0.335 e. The Bertz CT molecular complexity index is 197. The summed E-state index contributed by atoms with van der Waals surface area (Å²) in [6.45, 7) is 2.45. The fraction of sp³-hybridized carbons (Fsp3) is 0.900. The molecule has 0 aromatic heterocycles. The van der Waals surface area contributed by atoms with Crippen LogP contribution in [0.3, 0.4) is 0 Å². The Kier molecular flexibility index (Phi) is 4.29. The molecule has 4 heteroatoms. The van der Waals surface area contributed by atoms with Crippen LogP contribution in [-0.2, 0) is 4.79 Å². The molecule has 0 radical (unpaired) electrons. The van der Waals surface area contributed by atoms with Gasteiger partial charge in [-0.05, 0) is 19.3 Å². The van der Waals surface area contributed by atoms with E-state index < -0.39 is 12.3 Å². The van der Waals surface area contributed by atoms with Crippen molar-refractivity contribution in [1.29, 1.82) is 0 Å². The van der Waals surface area contributed by atoms with Gasteiger partial charge in [-0.2, -0.15) is 8.78 Å². The van der Waals surface area contributed by atoms with Crippen molar-refractivity contribution in [2.24, 2.45) is 0 Å². The lowest BCUT2D eigenvalue weighted by Gasteiger charge is -2.28. The Hall–Kier alpha value is -0.670. The van der Waals surface area contributed by atoms with Gasteiger partial charge in [-0.1, -0.05) is 19.8 Å². The van der Waals surface area contributed by atoms with Crippen LogP contribution < -0.4 is 0 Å². The number of alkyl halides is 2. The molecule has 1 atom stereocenters. The Morgan fingerprint density at radius 2 is 2.14 bits per heavy atom. The van der Waals surface area contributed by atoms with Crippen LogP contribution in [0.4, 0.5) is 8.78 Å². The summed E-state index contributed by atoms with van der Waals surface area (Å²) in [6.07, 6.45) is 1.75. The number of nitrogens with zero attached hydrogens (tertiary/aromatic N) is 1. The summed E-state index contributed by atoms with van der Waals surface area (Å²) in [5.74, 6) is -0.987. The number of carbonyl (C=O) groups is 1. The van der Waals surface area contributed by atoms with Crippen LogP contribution >= 0.6 is 0 Å². The van der Waals surface area contributed by atoms with Gasteiger partial charge in [0.25, 0.3) is 5.91 Å².